The molecule has 3 rings (SSSR count). The molecule has 2 heterocycles. The molecule has 0 fully saturated rings. The van der Waals surface area contributed by atoms with Crippen LogP contribution in [0.25, 0.3) is 0 Å². The van der Waals surface area contributed by atoms with Crippen molar-refractivity contribution in [2.24, 2.45) is 0 Å². The Kier molecular flexibility index (Phi) is 5.45. The van der Waals surface area contributed by atoms with Gasteiger partial charge < -0.3 is 10.6 Å². The fourth-order valence-electron chi connectivity index (χ4n) is 2.49. The minimum atomic E-state index is -0.285. The van der Waals surface area contributed by atoms with E-state index in [1.165, 1.54) is 5.56 Å². The summed E-state index contributed by atoms with van der Waals surface area (Å²) in [5, 5.41) is 14.1. The predicted octanol–water partition coefficient (Wildman–Crippen LogP) is 4.03. The van der Waals surface area contributed by atoms with E-state index in [1.54, 1.807) is 24.5 Å². The highest BCUT2D eigenvalue weighted by Gasteiger charge is 2.14. The van der Waals surface area contributed by atoms with Gasteiger partial charge in [0.2, 0.25) is 0 Å². The molecule has 27 heavy (non-hydrogen) atoms. The first-order valence-corrected chi connectivity index (χ1v) is 8.80. The standard InChI is InChI=1S/C21H23N5O/c1-21(2,3)16-4-6-17(7-5-16)24-20(27)18-8-9-19(26-25-18)23-14-15-10-12-22-13-11-15/h4-13H,14H2,1-3H3,(H,23,26)(H,24,27). The fourth-order valence-corrected chi connectivity index (χ4v) is 2.49. The third-order valence-corrected chi connectivity index (χ3v) is 4.13. The number of nitrogens with zero attached hydrogens (tertiary/aromatic N) is 3. The number of pyridine rings is 1. The smallest absolute Gasteiger partial charge is 0.276 e. The number of carbonyl (C=O) groups is 1. The molecule has 0 spiro atoms. The zero-order valence-electron chi connectivity index (χ0n) is 15.7. The number of hydrogen-bond acceptors (Lipinski definition) is 5. The van der Waals surface area contributed by atoms with Crippen molar-refractivity contribution in [2.75, 3.05) is 10.6 Å². The Labute approximate surface area is 159 Å². The van der Waals surface area contributed by atoms with E-state index in [0.717, 1.165) is 11.3 Å². The summed E-state index contributed by atoms with van der Waals surface area (Å²) in [4.78, 5) is 16.3. The van der Waals surface area contributed by atoms with Gasteiger partial charge >= 0.3 is 0 Å². The Morgan fingerprint density at radius 3 is 2.22 bits per heavy atom. The lowest BCUT2D eigenvalue weighted by atomic mass is 9.87. The van der Waals surface area contributed by atoms with Crippen molar-refractivity contribution in [2.45, 2.75) is 32.7 Å². The molecule has 0 saturated carbocycles. The van der Waals surface area contributed by atoms with Crippen molar-refractivity contribution >= 4 is 17.4 Å². The first-order chi connectivity index (χ1) is 12.9. The Morgan fingerprint density at radius 1 is 0.926 bits per heavy atom. The van der Waals surface area contributed by atoms with Gasteiger partial charge in [-0.1, -0.05) is 32.9 Å². The van der Waals surface area contributed by atoms with E-state index in [-0.39, 0.29) is 17.0 Å². The van der Waals surface area contributed by atoms with Crippen LogP contribution >= 0.6 is 0 Å². The van der Waals surface area contributed by atoms with Crippen molar-refractivity contribution in [3.63, 3.8) is 0 Å². The molecule has 6 nitrogen and oxygen atoms in total. The fraction of sp³-hybridized carbons (Fsp3) is 0.238. The number of rotatable bonds is 5. The van der Waals surface area contributed by atoms with E-state index in [1.807, 2.05) is 36.4 Å². The van der Waals surface area contributed by atoms with Crippen LogP contribution in [0.4, 0.5) is 11.5 Å². The summed E-state index contributed by atoms with van der Waals surface area (Å²) in [7, 11) is 0. The Bertz CT molecular complexity index is 885. The highest BCUT2D eigenvalue weighted by atomic mass is 16.1. The summed E-state index contributed by atoms with van der Waals surface area (Å²) in [5.74, 6) is 0.324. The average molecular weight is 361 g/mol. The Morgan fingerprint density at radius 2 is 1.63 bits per heavy atom. The molecule has 2 aromatic heterocycles. The number of carbonyl (C=O) groups excluding carboxylic acids is 1. The maximum Gasteiger partial charge on any atom is 0.276 e. The van der Waals surface area contributed by atoms with Crippen LogP contribution in [0.2, 0.25) is 0 Å². The largest absolute Gasteiger partial charge is 0.365 e. The van der Waals surface area contributed by atoms with Crippen LogP contribution in [0.1, 0.15) is 42.4 Å². The molecule has 0 aliphatic rings. The van der Waals surface area contributed by atoms with Crippen LogP contribution < -0.4 is 10.6 Å². The zero-order valence-corrected chi connectivity index (χ0v) is 15.7. The summed E-state index contributed by atoms with van der Waals surface area (Å²) in [5.41, 5.74) is 3.38. The molecule has 0 radical (unpaired) electrons. The van der Waals surface area contributed by atoms with Crippen molar-refractivity contribution < 1.29 is 4.79 Å². The van der Waals surface area contributed by atoms with E-state index in [2.05, 4.69) is 46.6 Å². The summed E-state index contributed by atoms with van der Waals surface area (Å²) >= 11 is 0. The molecule has 1 amide bonds. The number of aromatic nitrogens is 3. The topological polar surface area (TPSA) is 79.8 Å². The molecule has 138 valence electrons. The van der Waals surface area contributed by atoms with Crippen molar-refractivity contribution in [1.29, 1.82) is 0 Å². The Balaban J connectivity index is 1.58. The van der Waals surface area contributed by atoms with Crippen LogP contribution in [-0.4, -0.2) is 21.1 Å². The van der Waals surface area contributed by atoms with Gasteiger partial charge in [-0.25, -0.2) is 0 Å². The number of amides is 1. The SMILES string of the molecule is CC(C)(C)c1ccc(NC(=O)c2ccc(NCc3ccncc3)nn2)cc1. The highest BCUT2D eigenvalue weighted by Crippen LogP contribution is 2.23. The lowest BCUT2D eigenvalue weighted by Crippen LogP contribution is -2.15. The summed E-state index contributed by atoms with van der Waals surface area (Å²) < 4.78 is 0. The third-order valence-electron chi connectivity index (χ3n) is 4.13. The first-order valence-electron chi connectivity index (χ1n) is 8.80. The maximum atomic E-state index is 12.3. The van der Waals surface area contributed by atoms with Crippen LogP contribution in [-0.2, 0) is 12.0 Å². The van der Waals surface area contributed by atoms with Gasteiger partial charge in [0.15, 0.2) is 5.69 Å². The molecule has 0 saturated heterocycles. The predicted molar refractivity (Wildman–Crippen MR) is 107 cm³/mol. The minimum absolute atomic E-state index is 0.0765. The lowest BCUT2D eigenvalue weighted by Gasteiger charge is -2.19. The Hall–Kier alpha value is -3.28. The summed E-state index contributed by atoms with van der Waals surface area (Å²) in [6.45, 7) is 7.07. The van der Waals surface area contributed by atoms with Gasteiger partial charge in [-0.2, -0.15) is 0 Å². The van der Waals surface area contributed by atoms with E-state index in [9.17, 15) is 4.79 Å². The monoisotopic (exact) mass is 361 g/mol. The van der Waals surface area contributed by atoms with E-state index >= 15 is 0 Å². The summed E-state index contributed by atoms with van der Waals surface area (Å²) in [6.07, 6.45) is 3.48. The van der Waals surface area contributed by atoms with Gasteiger partial charge in [-0.3, -0.25) is 9.78 Å². The molecular weight excluding hydrogens is 338 g/mol. The third kappa shape index (κ3) is 5.10. The lowest BCUT2D eigenvalue weighted by molar-refractivity contribution is 0.102. The molecule has 0 atom stereocenters. The van der Waals surface area contributed by atoms with Crippen molar-refractivity contribution in [3.05, 3.63) is 77.7 Å². The van der Waals surface area contributed by atoms with Gasteiger partial charge in [0.25, 0.3) is 5.91 Å². The number of hydrogen-bond donors (Lipinski definition) is 2. The number of benzene rings is 1. The first kappa shape index (κ1) is 18.5. The van der Waals surface area contributed by atoms with Crippen LogP contribution in [0.3, 0.4) is 0 Å². The second kappa shape index (κ2) is 7.95. The van der Waals surface area contributed by atoms with Gasteiger partial charge in [0.05, 0.1) is 0 Å². The second-order valence-corrected chi connectivity index (χ2v) is 7.29. The van der Waals surface area contributed by atoms with Gasteiger partial charge in [-0.15, -0.1) is 10.2 Å². The highest BCUT2D eigenvalue weighted by molar-refractivity contribution is 6.02. The van der Waals surface area contributed by atoms with Crippen molar-refractivity contribution in [3.8, 4) is 0 Å². The van der Waals surface area contributed by atoms with Crippen LogP contribution in [0.15, 0.2) is 60.9 Å². The zero-order chi connectivity index (χ0) is 19.3. The molecule has 0 unspecified atom stereocenters. The van der Waals surface area contributed by atoms with Gasteiger partial charge in [0, 0.05) is 24.6 Å². The molecule has 2 N–H and O–H groups in total. The number of nitrogens with one attached hydrogen (secondary N) is 2. The molecule has 0 bridgehead atoms. The molecule has 1 aromatic carbocycles. The second-order valence-electron chi connectivity index (χ2n) is 7.29. The molecular formula is C21H23N5O. The van der Waals surface area contributed by atoms with E-state index in [4.69, 9.17) is 0 Å². The number of anilines is 2. The average Bonchev–Trinajstić information content (AvgIpc) is 2.67. The quantitative estimate of drug-likeness (QED) is 0.717. The molecule has 0 aliphatic carbocycles. The summed E-state index contributed by atoms with van der Waals surface area (Å²) in [6, 6.07) is 15.1. The van der Waals surface area contributed by atoms with Gasteiger partial charge in [0.1, 0.15) is 5.82 Å². The molecule has 0 aliphatic heterocycles. The molecule has 6 heteroatoms. The van der Waals surface area contributed by atoms with Gasteiger partial charge in [-0.05, 0) is 52.9 Å². The minimum Gasteiger partial charge on any atom is -0.365 e. The maximum absolute atomic E-state index is 12.3. The van der Waals surface area contributed by atoms with Crippen molar-refractivity contribution in [1.82, 2.24) is 15.2 Å². The van der Waals surface area contributed by atoms with E-state index in [0.29, 0.717) is 12.4 Å². The van der Waals surface area contributed by atoms with Crippen LogP contribution in [0.5, 0.6) is 0 Å². The van der Waals surface area contributed by atoms with E-state index < -0.39 is 0 Å². The van der Waals surface area contributed by atoms with Crippen LogP contribution in [0, 0.1) is 0 Å². The normalized spacial score (nSPS) is 11.1. The molecule has 3 aromatic rings.